The van der Waals surface area contributed by atoms with E-state index in [-0.39, 0.29) is 49.0 Å². The number of aliphatic imine (C=N–C) groups is 1. The van der Waals surface area contributed by atoms with E-state index in [0.717, 1.165) is 45.2 Å². The summed E-state index contributed by atoms with van der Waals surface area (Å²) in [6.07, 6.45) is 2.43. The van der Waals surface area contributed by atoms with Crippen LogP contribution in [0.2, 0.25) is 0 Å². The van der Waals surface area contributed by atoms with Gasteiger partial charge in [0.1, 0.15) is 6.54 Å². The first kappa shape index (κ1) is 27.8. The quantitative estimate of drug-likeness (QED) is 0.283. The minimum absolute atomic E-state index is 0. The molecule has 2 saturated heterocycles. The summed E-state index contributed by atoms with van der Waals surface area (Å²) in [4.78, 5) is 20.9. The van der Waals surface area contributed by atoms with Crippen LogP contribution in [-0.2, 0) is 11.2 Å². The van der Waals surface area contributed by atoms with E-state index in [4.69, 9.17) is 0 Å². The van der Waals surface area contributed by atoms with Crippen LogP contribution in [0, 0.1) is 5.92 Å². The van der Waals surface area contributed by atoms with Crippen molar-refractivity contribution < 1.29 is 13.6 Å². The van der Waals surface area contributed by atoms with Crippen molar-refractivity contribution >= 4 is 35.8 Å². The summed E-state index contributed by atoms with van der Waals surface area (Å²) in [5, 5.41) is 6.58. The van der Waals surface area contributed by atoms with Crippen LogP contribution in [0.4, 0.5) is 8.78 Å². The van der Waals surface area contributed by atoms with Gasteiger partial charge in [-0.15, -0.1) is 24.0 Å². The Morgan fingerprint density at radius 3 is 2.36 bits per heavy atom. The van der Waals surface area contributed by atoms with Crippen LogP contribution >= 0.6 is 24.0 Å². The van der Waals surface area contributed by atoms with Crippen molar-refractivity contribution in [2.75, 3.05) is 45.8 Å². The van der Waals surface area contributed by atoms with E-state index in [1.807, 2.05) is 17.9 Å². The predicted molar refractivity (Wildman–Crippen MR) is 139 cm³/mol. The summed E-state index contributed by atoms with van der Waals surface area (Å²) in [5.74, 6) is 1.32. The Kier molecular flexibility index (Phi) is 12.4. The lowest BCUT2D eigenvalue weighted by Crippen LogP contribution is -2.49. The van der Waals surface area contributed by atoms with Gasteiger partial charge < -0.3 is 15.5 Å². The van der Waals surface area contributed by atoms with Gasteiger partial charge in [0.25, 0.3) is 6.43 Å². The van der Waals surface area contributed by atoms with E-state index >= 15 is 0 Å². The highest BCUT2D eigenvalue weighted by Gasteiger charge is 2.24. The lowest BCUT2D eigenvalue weighted by Gasteiger charge is -2.33. The number of alkyl halides is 2. The molecule has 2 heterocycles. The number of halogens is 3. The molecule has 0 spiro atoms. The molecule has 186 valence electrons. The molecule has 2 fully saturated rings. The fraction of sp³-hybridized carbons (Fsp3) is 0.667. The zero-order valence-corrected chi connectivity index (χ0v) is 21.8. The van der Waals surface area contributed by atoms with Crippen LogP contribution in [0.25, 0.3) is 0 Å². The molecule has 1 aromatic rings. The van der Waals surface area contributed by atoms with E-state index in [9.17, 15) is 13.6 Å². The predicted octanol–water partition coefficient (Wildman–Crippen LogP) is 3.37. The standard InChI is InChI=1S/C24H37F2N5O.HI/c1-2-27-24(29-21-10-12-30(13-11-21)18-22(25)26)28-17-23(32)31-14-8-20(9-15-31)16-19-6-4-3-5-7-19;/h3-7,20-22H,2,8-18H2,1H3,(H2,27,28,29);1H. The zero-order valence-electron chi connectivity index (χ0n) is 19.5. The average molecular weight is 578 g/mol. The molecule has 0 radical (unpaired) electrons. The number of hydrogen-bond donors (Lipinski definition) is 2. The lowest BCUT2D eigenvalue weighted by atomic mass is 9.90. The summed E-state index contributed by atoms with van der Waals surface area (Å²) in [7, 11) is 0. The largest absolute Gasteiger partial charge is 0.357 e. The van der Waals surface area contributed by atoms with Gasteiger partial charge in [-0.3, -0.25) is 9.69 Å². The topological polar surface area (TPSA) is 60.0 Å². The van der Waals surface area contributed by atoms with Crippen molar-refractivity contribution in [1.29, 1.82) is 0 Å². The highest BCUT2D eigenvalue weighted by molar-refractivity contribution is 14.0. The van der Waals surface area contributed by atoms with Crippen LogP contribution in [0.5, 0.6) is 0 Å². The maximum Gasteiger partial charge on any atom is 0.251 e. The molecule has 2 N–H and O–H groups in total. The van der Waals surface area contributed by atoms with Crippen molar-refractivity contribution in [2.45, 2.75) is 51.5 Å². The Morgan fingerprint density at radius 1 is 1.09 bits per heavy atom. The van der Waals surface area contributed by atoms with Gasteiger partial charge in [-0.2, -0.15) is 0 Å². The molecule has 0 saturated carbocycles. The van der Waals surface area contributed by atoms with Gasteiger partial charge >= 0.3 is 0 Å². The number of carbonyl (C=O) groups is 1. The van der Waals surface area contributed by atoms with E-state index in [1.165, 1.54) is 5.56 Å². The molecule has 33 heavy (non-hydrogen) atoms. The Morgan fingerprint density at radius 2 is 1.76 bits per heavy atom. The second kappa shape index (κ2) is 14.7. The van der Waals surface area contributed by atoms with E-state index < -0.39 is 6.43 Å². The Hall–Kier alpha value is -1.49. The number of nitrogens with one attached hydrogen (secondary N) is 2. The van der Waals surface area contributed by atoms with Gasteiger partial charge in [-0.25, -0.2) is 13.8 Å². The third kappa shape index (κ3) is 9.72. The molecule has 9 heteroatoms. The minimum atomic E-state index is -2.28. The van der Waals surface area contributed by atoms with Crippen molar-refractivity contribution in [3.8, 4) is 0 Å². The minimum Gasteiger partial charge on any atom is -0.357 e. The summed E-state index contributed by atoms with van der Waals surface area (Å²) in [6.45, 7) is 5.55. The van der Waals surface area contributed by atoms with Gasteiger partial charge in [-0.05, 0) is 50.5 Å². The van der Waals surface area contributed by atoms with Crippen molar-refractivity contribution in [3.63, 3.8) is 0 Å². The Labute approximate surface area is 213 Å². The molecule has 0 atom stereocenters. The van der Waals surface area contributed by atoms with Crippen molar-refractivity contribution in [2.24, 2.45) is 10.9 Å². The van der Waals surface area contributed by atoms with Crippen molar-refractivity contribution in [1.82, 2.24) is 20.4 Å². The molecule has 2 aliphatic rings. The number of hydrogen-bond acceptors (Lipinski definition) is 3. The van der Waals surface area contributed by atoms with Crippen molar-refractivity contribution in [3.05, 3.63) is 35.9 Å². The molecular weight excluding hydrogens is 539 g/mol. The maximum atomic E-state index is 12.7. The number of amides is 1. The van der Waals surface area contributed by atoms with E-state index in [1.54, 1.807) is 4.90 Å². The number of nitrogens with zero attached hydrogens (tertiary/aromatic N) is 3. The van der Waals surface area contributed by atoms with Crippen LogP contribution in [0.15, 0.2) is 35.3 Å². The average Bonchev–Trinajstić information content (AvgIpc) is 2.79. The van der Waals surface area contributed by atoms with E-state index in [2.05, 4.69) is 39.9 Å². The molecule has 1 aromatic carbocycles. The van der Waals surface area contributed by atoms with Crippen LogP contribution in [0.1, 0.15) is 38.2 Å². The summed E-state index contributed by atoms with van der Waals surface area (Å²) >= 11 is 0. The van der Waals surface area contributed by atoms with Gasteiger partial charge in [0.05, 0.1) is 6.54 Å². The monoisotopic (exact) mass is 577 g/mol. The van der Waals surface area contributed by atoms with Gasteiger partial charge in [0, 0.05) is 38.8 Å². The molecular formula is C24H38F2IN5O. The molecule has 0 unspecified atom stereocenters. The second-order valence-corrected chi connectivity index (χ2v) is 8.82. The third-order valence-corrected chi connectivity index (χ3v) is 6.38. The third-order valence-electron chi connectivity index (χ3n) is 6.38. The summed E-state index contributed by atoms with van der Waals surface area (Å²) < 4.78 is 25.1. The number of benzene rings is 1. The van der Waals surface area contributed by atoms with Gasteiger partial charge in [0.15, 0.2) is 5.96 Å². The van der Waals surface area contributed by atoms with Gasteiger partial charge in [0.2, 0.25) is 5.91 Å². The molecule has 0 aromatic heterocycles. The maximum absolute atomic E-state index is 12.7. The molecule has 1 amide bonds. The molecule has 0 aliphatic carbocycles. The van der Waals surface area contributed by atoms with Crippen LogP contribution < -0.4 is 10.6 Å². The Balaban J connectivity index is 0.00000385. The number of piperidine rings is 2. The zero-order chi connectivity index (χ0) is 22.8. The summed E-state index contributed by atoms with van der Waals surface area (Å²) in [5.41, 5.74) is 1.36. The smallest absolute Gasteiger partial charge is 0.251 e. The first-order valence-corrected chi connectivity index (χ1v) is 11.9. The molecule has 3 rings (SSSR count). The van der Waals surface area contributed by atoms with Gasteiger partial charge in [-0.1, -0.05) is 30.3 Å². The van der Waals surface area contributed by atoms with Crippen LogP contribution in [0.3, 0.4) is 0 Å². The normalized spacial score (nSPS) is 18.8. The first-order chi connectivity index (χ1) is 15.5. The molecule has 0 bridgehead atoms. The highest BCUT2D eigenvalue weighted by atomic mass is 127. The first-order valence-electron chi connectivity index (χ1n) is 11.9. The summed E-state index contributed by atoms with van der Waals surface area (Å²) in [6, 6.07) is 10.7. The number of carbonyl (C=O) groups excluding carboxylic acids is 1. The fourth-order valence-corrected chi connectivity index (χ4v) is 4.55. The molecule has 2 aliphatic heterocycles. The molecule has 6 nitrogen and oxygen atoms in total. The SMILES string of the molecule is CCNC(=NCC(=O)N1CCC(Cc2ccccc2)CC1)NC1CCN(CC(F)F)CC1.I. The number of guanidine groups is 1. The number of rotatable bonds is 8. The fourth-order valence-electron chi connectivity index (χ4n) is 4.55. The highest BCUT2D eigenvalue weighted by Crippen LogP contribution is 2.21. The van der Waals surface area contributed by atoms with E-state index in [0.29, 0.717) is 31.5 Å². The van der Waals surface area contributed by atoms with Crippen LogP contribution in [-0.4, -0.2) is 79.9 Å². The Bertz CT molecular complexity index is 721. The number of likely N-dealkylation sites (tertiary alicyclic amines) is 2. The lowest BCUT2D eigenvalue weighted by molar-refractivity contribution is -0.130. The second-order valence-electron chi connectivity index (χ2n) is 8.82.